The minimum Gasteiger partial charge on any atom is -0.472 e. The Morgan fingerprint density at radius 2 is 1.89 bits per heavy atom. The van der Waals surface area contributed by atoms with Gasteiger partial charge in [0, 0.05) is 32.0 Å². The highest BCUT2D eigenvalue weighted by molar-refractivity contribution is 5.93. The first-order chi connectivity index (χ1) is 18.7. The fourth-order valence-corrected chi connectivity index (χ4v) is 5.25. The number of imidazole rings is 1. The van der Waals surface area contributed by atoms with Crippen molar-refractivity contribution >= 4 is 17.0 Å². The maximum Gasteiger partial charge on any atom is 0.337 e. The molecule has 4 heterocycles. The molecule has 0 radical (unpaired) electrons. The van der Waals surface area contributed by atoms with Crippen molar-refractivity contribution < 1.29 is 19.0 Å². The van der Waals surface area contributed by atoms with E-state index in [2.05, 4.69) is 31.4 Å². The van der Waals surface area contributed by atoms with Crippen LogP contribution < -0.4 is 4.74 Å². The number of nitrogens with zero attached hydrogens (tertiary/aromatic N) is 5. The Hall–Kier alpha value is -3.69. The Bertz CT molecular complexity index is 1390. The van der Waals surface area contributed by atoms with E-state index >= 15 is 0 Å². The van der Waals surface area contributed by atoms with E-state index in [-0.39, 0.29) is 12.1 Å². The van der Waals surface area contributed by atoms with Gasteiger partial charge in [0.25, 0.3) is 0 Å². The summed E-state index contributed by atoms with van der Waals surface area (Å²) < 4.78 is 20.8. The van der Waals surface area contributed by atoms with E-state index < -0.39 is 0 Å². The Morgan fingerprint density at radius 1 is 1.08 bits per heavy atom. The van der Waals surface area contributed by atoms with Crippen molar-refractivity contribution in [3.63, 3.8) is 0 Å². The van der Waals surface area contributed by atoms with Gasteiger partial charge in [-0.05, 0) is 43.0 Å². The summed E-state index contributed by atoms with van der Waals surface area (Å²) >= 11 is 0. The molecule has 0 bridgehead atoms. The van der Waals surface area contributed by atoms with E-state index in [1.165, 1.54) is 7.11 Å². The van der Waals surface area contributed by atoms with Crippen LogP contribution in [0.15, 0.2) is 60.8 Å². The number of piperidine rings is 1. The molecule has 2 aromatic heterocycles. The Balaban J connectivity index is 1.10. The lowest BCUT2D eigenvalue weighted by atomic mass is 10.1. The summed E-state index contributed by atoms with van der Waals surface area (Å²) in [5, 5.41) is 4.69. The van der Waals surface area contributed by atoms with Crippen LogP contribution in [0.2, 0.25) is 0 Å². The summed E-state index contributed by atoms with van der Waals surface area (Å²) in [6, 6.07) is 18.0. The van der Waals surface area contributed by atoms with Crippen LogP contribution in [0, 0.1) is 0 Å². The molecular weight excluding hydrogens is 482 g/mol. The van der Waals surface area contributed by atoms with Crippen LogP contribution in [0.25, 0.3) is 11.0 Å². The van der Waals surface area contributed by atoms with Gasteiger partial charge in [0.1, 0.15) is 12.4 Å². The third-order valence-corrected chi connectivity index (χ3v) is 7.54. The van der Waals surface area contributed by atoms with E-state index in [1.807, 2.05) is 42.6 Å². The largest absolute Gasteiger partial charge is 0.472 e. The Labute approximate surface area is 221 Å². The number of hydrogen-bond donors (Lipinski definition) is 0. The molecule has 0 saturated carbocycles. The first-order valence-electron chi connectivity index (χ1n) is 13.3. The maximum atomic E-state index is 12.1. The van der Waals surface area contributed by atoms with Crippen LogP contribution in [0.1, 0.15) is 47.1 Å². The van der Waals surface area contributed by atoms with Crippen molar-refractivity contribution in [2.75, 3.05) is 26.8 Å². The van der Waals surface area contributed by atoms with Gasteiger partial charge in [0.2, 0.25) is 5.88 Å². The standard InChI is InChI=1S/C29H33N5O4/c1-36-29(35)22-7-8-25-26(17-22)33(18-24-12-16-37-24)27(30-25)19-32-13-9-23(10-14-32)34-15-11-28(31-34)38-20-21-5-3-2-4-6-21/h2-8,11,15,17,23-24H,9-10,12-14,16,18-20H2,1H3/t24-/m0/s1. The number of hydrogen-bond acceptors (Lipinski definition) is 7. The number of aromatic nitrogens is 4. The van der Waals surface area contributed by atoms with Crippen molar-refractivity contribution in [2.45, 2.75) is 51.1 Å². The zero-order valence-corrected chi connectivity index (χ0v) is 21.7. The molecule has 2 aromatic carbocycles. The van der Waals surface area contributed by atoms with Gasteiger partial charge in [-0.2, -0.15) is 0 Å². The second-order valence-corrected chi connectivity index (χ2v) is 10.0. The molecule has 9 heteroatoms. The van der Waals surface area contributed by atoms with E-state index in [9.17, 15) is 4.79 Å². The fraction of sp³-hybridized carbons (Fsp3) is 0.414. The molecule has 1 atom stereocenters. The molecule has 0 unspecified atom stereocenters. The van der Waals surface area contributed by atoms with E-state index in [0.717, 1.165) is 74.5 Å². The minimum atomic E-state index is -0.338. The molecule has 6 rings (SSSR count). The molecule has 4 aromatic rings. The average Bonchev–Trinajstić information content (AvgIpc) is 3.54. The summed E-state index contributed by atoms with van der Waals surface area (Å²) in [6.07, 6.45) is 5.28. The molecule has 38 heavy (non-hydrogen) atoms. The molecule has 2 aliphatic heterocycles. The van der Waals surface area contributed by atoms with Gasteiger partial charge in [-0.15, -0.1) is 5.10 Å². The number of likely N-dealkylation sites (tertiary alicyclic amines) is 1. The van der Waals surface area contributed by atoms with E-state index in [1.54, 1.807) is 6.07 Å². The van der Waals surface area contributed by atoms with Crippen LogP contribution in [-0.2, 0) is 29.2 Å². The van der Waals surface area contributed by atoms with Gasteiger partial charge < -0.3 is 18.8 Å². The highest BCUT2D eigenvalue weighted by Crippen LogP contribution is 2.27. The summed E-state index contributed by atoms with van der Waals surface area (Å²) in [7, 11) is 1.41. The van der Waals surface area contributed by atoms with Crippen molar-refractivity contribution in [3.05, 3.63) is 77.7 Å². The lowest BCUT2D eigenvalue weighted by molar-refractivity contribution is -0.0592. The van der Waals surface area contributed by atoms with E-state index in [0.29, 0.717) is 24.1 Å². The molecule has 198 valence electrons. The number of fused-ring (bicyclic) bond motifs is 1. The van der Waals surface area contributed by atoms with E-state index in [4.69, 9.17) is 19.2 Å². The molecule has 0 spiro atoms. The number of carbonyl (C=O) groups is 1. The quantitative estimate of drug-likeness (QED) is 0.309. The molecule has 2 fully saturated rings. The van der Waals surface area contributed by atoms with Gasteiger partial charge in [0.15, 0.2) is 0 Å². The van der Waals surface area contributed by atoms with Gasteiger partial charge >= 0.3 is 5.97 Å². The van der Waals surface area contributed by atoms with Gasteiger partial charge in [-0.25, -0.2) is 9.78 Å². The molecule has 2 saturated heterocycles. The molecule has 0 aliphatic carbocycles. The molecular formula is C29H33N5O4. The first kappa shape index (κ1) is 24.6. The first-order valence-corrected chi connectivity index (χ1v) is 13.3. The number of benzene rings is 2. The third-order valence-electron chi connectivity index (χ3n) is 7.54. The average molecular weight is 516 g/mol. The monoisotopic (exact) mass is 515 g/mol. The van der Waals surface area contributed by atoms with Crippen LogP contribution >= 0.6 is 0 Å². The third kappa shape index (κ3) is 5.30. The molecule has 2 aliphatic rings. The second-order valence-electron chi connectivity index (χ2n) is 10.0. The topological polar surface area (TPSA) is 83.6 Å². The fourth-order valence-electron chi connectivity index (χ4n) is 5.25. The number of esters is 1. The highest BCUT2D eigenvalue weighted by atomic mass is 16.5. The lowest BCUT2D eigenvalue weighted by Gasteiger charge is -2.32. The Morgan fingerprint density at radius 3 is 2.63 bits per heavy atom. The second kappa shape index (κ2) is 11.0. The molecule has 0 N–H and O–H groups in total. The summed E-state index contributed by atoms with van der Waals surface area (Å²) in [4.78, 5) is 19.5. The summed E-state index contributed by atoms with van der Waals surface area (Å²) in [6.45, 7) is 4.74. The Kier molecular flexibility index (Phi) is 7.11. The van der Waals surface area contributed by atoms with Gasteiger partial charge in [-0.3, -0.25) is 9.58 Å². The van der Waals surface area contributed by atoms with Crippen LogP contribution in [0.3, 0.4) is 0 Å². The zero-order valence-electron chi connectivity index (χ0n) is 21.7. The number of carbonyl (C=O) groups excluding carboxylic acids is 1. The van der Waals surface area contributed by atoms with Crippen molar-refractivity contribution in [3.8, 4) is 5.88 Å². The molecule has 0 amide bonds. The van der Waals surface area contributed by atoms with Crippen molar-refractivity contribution in [1.29, 1.82) is 0 Å². The maximum absolute atomic E-state index is 12.1. The zero-order chi connectivity index (χ0) is 25.9. The van der Waals surface area contributed by atoms with Crippen molar-refractivity contribution in [1.82, 2.24) is 24.2 Å². The van der Waals surface area contributed by atoms with Gasteiger partial charge in [0.05, 0.1) is 48.9 Å². The van der Waals surface area contributed by atoms with Gasteiger partial charge in [-0.1, -0.05) is 30.3 Å². The SMILES string of the molecule is COC(=O)c1ccc2nc(CN3CCC(n4ccc(OCc5ccccc5)n4)CC3)n(C[C@@H]3CCO3)c2c1. The normalized spacial score (nSPS) is 18.4. The lowest BCUT2D eigenvalue weighted by Crippen LogP contribution is -2.36. The summed E-state index contributed by atoms with van der Waals surface area (Å²) in [5.41, 5.74) is 3.51. The number of ether oxygens (including phenoxy) is 3. The molecule has 9 nitrogen and oxygen atoms in total. The number of rotatable bonds is 9. The number of methoxy groups -OCH3 is 1. The summed E-state index contributed by atoms with van der Waals surface area (Å²) in [5.74, 6) is 1.33. The highest BCUT2D eigenvalue weighted by Gasteiger charge is 2.26. The van der Waals surface area contributed by atoms with Crippen molar-refractivity contribution in [2.24, 2.45) is 0 Å². The predicted octanol–water partition coefficient (Wildman–Crippen LogP) is 4.22. The van der Waals surface area contributed by atoms with Crippen LogP contribution in [-0.4, -0.2) is 63.1 Å². The minimum absolute atomic E-state index is 0.191. The predicted molar refractivity (Wildman–Crippen MR) is 142 cm³/mol. The van der Waals surface area contributed by atoms with Crippen LogP contribution in [0.5, 0.6) is 5.88 Å². The van der Waals surface area contributed by atoms with Crippen LogP contribution in [0.4, 0.5) is 0 Å². The smallest absolute Gasteiger partial charge is 0.337 e.